The van der Waals surface area contributed by atoms with Crippen molar-refractivity contribution >= 4 is 11.4 Å². The zero-order valence-corrected chi connectivity index (χ0v) is 8.10. The summed E-state index contributed by atoms with van der Waals surface area (Å²) in [7, 11) is 0. The smallest absolute Gasteiger partial charge is 1.00 e. The average Bonchev–Trinajstić information content (AvgIpc) is 1.21. The Balaban J connectivity index is -0.000000245. The van der Waals surface area contributed by atoms with Gasteiger partial charge in [-0.3, -0.25) is 15.7 Å². The van der Waals surface area contributed by atoms with Crippen molar-refractivity contribution in [3.63, 3.8) is 0 Å². The fraction of sp³-hybridized carbons (Fsp3) is 1.00. The number of rotatable bonds is 2. The first-order valence-corrected chi connectivity index (χ1v) is 2.78. The van der Waals surface area contributed by atoms with Crippen LogP contribution in [-0.2, 0) is 15.5 Å². The predicted molar refractivity (Wildman–Crippen MR) is 27.9 cm³/mol. The third kappa shape index (κ3) is 12.2. The molecule has 1 atom stereocenters. The van der Waals surface area contributed by atoms with Gasteiger partial charge in [0, 0.05) is 0 Å². The minimum atomic E-state index is -2.64. The van der Waals surface area contributed by atoms with Crippen molar-refractivity contribution in [3.05, 3.63) is 0 Å². The van der Waals surface area contributed by atoms with Gasteiger partial charge in [0.25, 0.3) is 0 Å². The summed E-state index contributed by atoms with van der Waals surface area (Å²) in [5.41, 5.74) is 9.80. The van der Waals surface area contributed by atoms with E-state index in [9.17, 15) is 8.76 Å². The third-order valence-electron chi connectivity index (χ3n) is 0.248. The molecule has 0 aliphatic carbocycles. The molecule has 0 radical (unpaired) electrons. The first-order chi connectivity index (χ1) is 3.42. The molecule has 4 N–H and O–H groups in total. The summed E-state index contributed by atoms with van der Waals surface area (Å²) in [5, 5.41) is 0. The molecule has 0 aliphatic heterocycles. The average molecular weight is 163 g/mol. The molecular formula is C2H8N2NaO3S-. The Labute approximate surface area is 79.4 Å². The molecule has 0 saturated carbocycles. The van der Waals surface area contributed by atoms with Crippen molar-refractivity contribution in [1.29, 1.82) is 0 Å². The van der Waals surface area contributed by atoms with Gasteiger partial charge in [0.1, 0.15) is 0 Å². The van der Waals surface area contributed by atoms with Gasteiger partial charge in [0.15, 0.2) is 5.85 Å². The molecule has 0 spiro atoms. The Morgan fingerprint density at radius 2 is 2.11 bits per heavy atom. The molecule has 0 bridgehead atoms. The maximum absolute atomic E-state index is 9.63. The van der Waals surface area contributed by atoms with E-state index in [2.05, 4.69) is 4.18 Å². The van der Waals surface area contributed by atoms with Gasteiger partial charge >= 0.3 is 29.6 Å². The van der Waals surface area contributed by atoms with E-state index in [0.717, 1.165) is 0 Å². The van der Waals surface area contributed by atoms with Crippen molar-refractivity contribution in [1.82, 2.24) is 0 Å². The Bertz CT molecular complexity index is 107. The summed E-state index contributed by atoms with van der Waals surface area (Å²) in [6, 6.07) is 0. The van der Waals surface area contributed by atoms with E-state index >= 15 is 0 Å². The van der Waals surface area contributed by atoms with Crippen LogP contribution in [0.3, 0.4) is 0 Å². The quantitative estimate of drug-likeness (QED) is 0.243. The van der Waals surface area contributed by atoms with E-state index in [4.69, 9.17) is 11.5 Å². The molecule has 7 heteroatoms. The standard InChI is InChI=1S/C2H8N2O3S.Na.H/c1-2(3,4)7-8(5)6;;/h3-4H2,1H3,(H,5,6);;/q;+1;-1/p-1. The van der Waals surface area contributed by atoms with Crippen LogP contribution in [0.4, 0.5) is 0 Å². The molecule has 0 rings (SSSR count). The van der Waals surface area contributed by atoms with E-state index in [-0.39, 0.29) is 31.0 Å². The monoisotopic (exact) mass is 163 g/mol. The molecule has 1 unspecified atom stereocenters. The molecule has 5 nitrogen and oxygen atoms in total. The Morgan fingerprint density at radius 1 is 1.78 bits per heavy atom. The Hall–Kier alpha value is 0.990. The van der Waals surface area contributed by atoms with E-state index in [0.29, 0.717) is 0 Å². The number of nitrogens with two attached hydrogens (primary N) is 2. The van der Waals surface area contributed by atoms with Gasteiger partial charge in [0.2, 0.25) is 0 Å². The molecule has 0 aromatic rings. The summed E-state index contributed by atoms with van der Waals surface area (Å²) in [6.07, 6.45) is 0. The molecule has 0 amide bonds. The van der Waals surface area contributed by atoms with Crippen LogP contribution in [0.25, 0.3) is 0 Å². The normalized spacial score (nSPS) is 14.2. The molecule has 0 aromatic carbocycles. The van der Waals surface area contributed by atoms with Gasteiger partial charge in [-0.2, -0.15) is 0 Å². The van der Waals surface area contributed by atoms with Crippen LogP contribution >= 0.6 is 0 Å². The molecule has 0 fully saturated rings. The second-order valence-electron chi connectivity index (χ2n) is 1.47. The first-order valence-electron chi connectivity index (χ1n) is 1.78. The molecule has 52 valence electrons. The zero-order chi connectivity index (χ0) is 6.78. The topological polar surface area (TPSA) is 101 Å². The molecule has 9 heavy (non-hydrogen) atoms. The fourth-order valence-corrected chi connectivity index (χ4v) is 0.440. The van der Waals surface area contributed by atoms with Crippen LogP contribution in [0.1, 0.15) is 8.35 Å². The Morgan fingerprint density at radius 3 is 2.11 bits per heavy atom. The van der Waals surface area contributed by atoms with Gasteiger partial charge < -0.3 is 5.98 Å². The van der Waals surface area contributed by atoms with Gasteiger partial charge in [-0.15, -0.1) is 0 Å². The molecular weight excluding hydrogens is 155 g/mol. The van der Waals surface area contributed by atoms with Crippen LogP contribution in [0.2, 0.25) is 0 Å². The zero-order valence-electron chi connectivity index (χ0n) is 6.29. The van der Waals surface area contributed by atoms with Crippen LogP contribution in [0.15, 0.2) is 0 Å². The van der Waals surface area contributed by atoms with E-state index in [1.165, 1.54) is 6.92 Å². The van der Waals surface area contributed by atoms with Gasteiger partial charge in [-0.25, -0.2) is 4.21 Å². The number of hydrogen-bond donors (Lipinski definition) is 2. The van der Waals surface area contributed by atoms with Crippen LogP contribution in [-0.4, -0.2) is 14.6 Å². The fourth-order valence-electron chi connectivity index (χ4n) is 0.147. The second kappa shape index (κ2) is 4.75. The van der Waals surface area contributed by atoms with Gasteiger partial charge in [0.05, 0.1) is 11.4 Å². The van der Waals surface area contributed by atoms with Crippen molar-refractivity contribution in [2.24, 2.45) is 11.5 Å². The SMILES string of the molecule is CC(N)(N)OS(=O)[O-].[H-].[Na+]. The van der Waals surface area contributed by atoms with Crippen molar-refractivity contribution in [2.45, 2.75) is 12.8 Å². The summed E-state index contributed by atoms with van der Waals surface area (Å²) in [5.74, 6) is -1.59. The predicted octanol–water partition coefficient (Wildman–Crippen LogP) is -4.50. The molecule has 0 aromatic heterocycles. The van der Waals surface area contributed by atoms with E-state index in [1.54, 1.807) is 0 Å². The minimum Gasteiger partial charge on any atom is -1.00 e. The third-order valence-corrected chi connectivity index (χ3v) is 0.743. The van der Waals surface area contributed by atoms with Crippen molar-refractivity contribution in [2.75, 3.05) is 0 Å². The second-order valence-corrected chi connectivity index (χ2v) is 2.05. The molecule has 0 heterocycles. The van der Waals surface area contributed by atoms with Crippen LogP contribution < -0.4 is 41.0 Å². The largest absolute Gasteiger partial charge is 1.00 e. The minimum absolute atomic E-state index is 0. The Kier molecular flexibility index (Phi) is 6.68. The summed E-state index contributed by atoms with van der Waals surface area (Å²) >= 11 is -2.64. The van der Waals surface area contributed by atoms with Gasteiger partial charge in [-0.1, -0.05) is 0 Å². The summed E-state index contributed by atoms with van der Waals surface area (Å²) in [6.45, 7) is 1.23. The number of hydrogen-bond acceptors (Lipinski definition) is 5. The van der Waals surface area contributed by atoms with Crippen molar-refractivity contribution in [3.8, 4) is 0 Å². The summed E-state index contributed by atoms with van der Waals surface area (Å²) < 4.78 is 23.2. The molecule has 0 aliphatic rings. The van der Waals surface area contributed by atoms with E-state index < -0.39 is 17.2 Å². The molecule has 0 saturated heterocycles. The maximum Gasteiger partial charge on any atom is 1.00 e. The first kappa shape index (κ1) is 12.6. The van der Waals surface area contributed by atoms with Crippen LogP contribution in [0.5, 0.6) is 0 Å². The van der Waals surface area contributed by atoms with E-state index in [1.807, 2.05) is 0 Å². The van der Waals surface area contributed by atoms with Crippen molar-refractivity contribution < 1.29 is 43.9 Å². The summed E-state index contributed by atoms with van der Waals surface area (Å²) in [4.78, 5) is 0. The van der Waals surface area contributed by atoms with Gasteiger partial charge in [-0.05, 0) is 6.92 Å². The maximum atomic E-state index is 9.63. The van der Waals surface area contributed by atoms with Crippen LogP contribution in [0, 0.1) is 0 Å².